The molecule has 1 fully saturated rings. The molecule has 144 valence electrons. The lowest BCUT2D eigenvalue weighted by Crippen LogP contribution is -2.04. The van der Waals surface area contributed by atoms with Crippen LogP contribution in [0.3, 0.4) is 0 Å². The Bertz CT molecular complexity index is 1100. The second-order valence-electron chi connectivity index (χ2n) is 6.89. The molecule has 1 saturated carbocycles. The van der Waals surface area contributed by atoms with Crippen molar-refractivity contribution >= 4 is 29.1 Å². The van der Waals surface area contributed by atoms with Gasteiger partial charge in [0.1, 0.15) is 16.9 Å². The van der Waals surface area contributed by atoms with Gasteiger partial charge in [-0.3, -0.25) is 4.79 Å². The molecular weight excluding hydrogens is 407 g/mol. The van der Waals surface area contributed by atoms with Crippen LogP contribution in [-0.4, -0.2) is 16.5 Å². The zero-order valence-corrected chi connectivity index (χ0v) is 16.9. The third kappa shape index (κ3) is 4.50. The van der Waals surface area contributed by atoms with Crippen molar-refractivity contribution in [2.24, 2.45) is 0 Å². The zero-order chi connectivity index (χ0) is 20.4. The Kier molecular flexibility index (Phi) is 5.66. The molecule has 3 aromatic rings. The van der Waals surface area contributed by atoms with Crippen LogP contribution in [0.1, 0.15) is 40.4 Å². The molecule has 1 aromatic heterocycles. The van der Waals surface area contributed by atoms with Gasteiger partial charge in [0.25, 0.3) is 0 Å². The number of carbonyl (C=O) groups excluding carboxylic acids is 1. The minimum atomic E-state index is -0.327. The molecule has 1 heterocycles. The van der Waals surface area contributed by atoms with Gasteiger partial charge in [0, 0.05) is 27.8 Å². The lowest BCUT2D eigenvalue weighted by Gasteiger charge is -2.12. The van der Waals surface area contributed by atoms with Gasteiger partial charge in [0.05, 0.1) is 11.3 Å². The number of aromatic nitrogens is 1. The predicted octanol–water partition coefficient (Wildman–Crippen LogP) is 6.27. The van der Waals surface area contributed by atoms with E-state index in [1.54, 1.807) is 36.4 Å². The van der Waals surface area contributed by atoms with Gasteiger partial charge in [-0.15, -0.1) is 0 Å². The number of nitriles is 1. The van der Waals surface area contributed by atoms with E-state index in [0.717, 1.165) is 29.7 Å². The maximum atomic E-state index is 13.4. The summed E-state index contributed by atoms with van der Waals surface area (Å²) in [6.07, 6.45) is 2.13. The third-order valence-electron chi connectivity index (χ3n) is 4.77. The fourth-order valence-electron chi connectivity index (χ4n) is 3.05. The van der Waals surface area contributed by atoms with E-state index in [4.69, 9.17) is 11.6 Å². The molecule has 29 heavy (non-hydrogen) atoms. The van der Waals surface area contributed by atoms with Gasteiger partial charge in [-0.25, -0.2) is 9.37 Å². The first-order chi connectivity index (χ1) is 14.0. The number of pyridine rings is 1. The van der Waals surface area contributed by atoms with E-state index >= 15 is 0 Å². The molecule has 0 saturated heterocycles. The van der Waals surface area contributed by atoms with Gasteiger partial charge in [-0.1, -0.05) is 35.5 Å². The van der Waals surface area contributed by atoms with Crippen LogP contribution < -0.4 is 0 Å². The number of hydrogen-bond donors (Lipinski definition) is 0. The van der Waals surface area contributed by atoms with Crippen LogP contribution in [-0.2, 0) is 0 Å². The normalized spacial score (nSPS) is 13.1. The lowest BCUT2D eigenvalue weighted by molar-refractivity contribution is 0.102. The summed E-state index contributed by atoms with van der Waals surface area (Å²) in [6, 6.07) is 17.0. The Morgan fingerprint density at radius 1 is 1.17 bits per heavy atom. The Morgan fingerprint density at radius 3 is 2.48 bits per heavy atom. The molecule has 1 aliphatic rings. The predicted molar refractivity (Wildman–Crippen MR) is 113 cm³/mol. The van der Waals surface area contributed by atoms with Crippen LogP contribution in [0.25, 0.3) is 11.1 Å². The summed E-state index contributed by atoms with van der Waals surface area (Å²) < 4.78 is 13.4. The number of Topliss-reactive ketones (excluding diaryl/α,β-unsaturated/α-hetero) is 1. The summed E-state index contributed by atoms with van der Waals surface area (Å²) in [7, 11) is 0. The molecule has 0 aliphatic heterocycles. The zero-order valence-electron chi connectivity index (χ0n) is 15.4. The minimum Gasteiger partial charge on any atom is -0.293 e. The molecule has 6 heteroatoms. The molecule has 0 N–H and O–H groups in total. The topological polar surface area (TPSA) is 53.8 Å². The summed E-state index contributed by atoms with van der Waals surface area (Å²) >= 11 is 7.14. The Balaban J connectivity index is 1.66. The molecule has 2 aromatic carbocycles. The van der Waals surface area contributed by atoms with Crippen LogP contribution in [0.4, 0.5) is 4.39 Å². The van der Waals surface area contributed by atoms with Crippen LogP contribution in [0.2, 0.25) is 5.02 Å². The Labute approximate surface area is 177 Å². The highest BCUT2D eigenvalue weighted by Crippen LogP contribution is 2.42. The summed E-state index contributed by atoms with van der Waals surface area (Å²) in [5.74, 6) is 0.165. The molecule has 0 radical (unpaired) electrons. The van der Waals surface area contributed by atoms with Crippen molar-refractivity contribution < 1.29 is 9.18 Å². The van der Waals surface area contributed by atoms with E-state index in [9.17, 15) is 14.4 Å². The largest absolute Gasteiger partial charge is 0.293 e. The quantitative estimate of drug-likeness (QED) is 0.347. The SMILES string of the molecule is N#Cc1c(-c2ccc(F)cc2)cc(C2CC2)nc1SCC(=O)c1ccc(Cl)cc1. The summed E-state index contributed by atoms with van der Waals surface area (Å²) in [5, 5.41) is 10.9. The molecular formula is C23H16ClFN2OS. The van der Waals surface area contributed by atoms with Gasteiger partial charge in [-0.2, -0.15) is 5.26 Å². The smallest absolute Gasteiger partial charge is 0.173 e. The third-order valence-corrected chi connectivity index (χ3v) is 6.00. The minimum absolute atomic E-state index is 0.0579. The average molecular weight is 423 g/mol. The maximum absolute atomic E-state index is 13.4. The van der Waals surface area contributed by atoms with Crippen molar-refractivity contribution in [2.45, 2.75) is 23.8 Å². The summed E-state index contributed by atoms with van der Waals surface area (Å²) in [5.41, 5.74) is 3.39. The van der Waals surface area contributed by atoms with Crippen molar-refractivity contribution in [1.29, 1.82) is 5.26 Å². The van der Waals surface area contributed by atoms with Crippen molar-refractivity contribution in [2.75, 3.05) is 5.75 Å². The Morgan fingerprint density at radius 2 is 1.86 bits per heavy atom. The van der Waals surface area contributed by atoms with E-state index in [1.165, 1.54) is 23.9 Å². The molecule has 0 spiro atoms. The van der Waals surface area contributed by atoms with Crippen LogP contribution in [0.15, 0.2) is 59.6 Å². The molecule has 3 nitrogen and oxygen atoms in total. The first kappa shape index (κ1) is 19.6. The molecule has 4 rings (SSSR count). The molecule has 0 atom stereocenters. The van der Waals surface area contributed by atoms with Gasteiger partial charge >= 0.3 is 0 Å². The van der Waals surface area contributed by atoms with Gasteiger partial charge < -0.3 is 0 Å². The maximum Gasteiger partial charge on any atom is 0.173 e. The van der Waals surface area contributed by atoms with Crippen molar-refractivity contribution in [3.05, 3.63) is 82.3 Å². The van der Waals surface area contributed by atoms with E-state index in [2.05, 4.69) is 11.1 Å². The fourth-order valence-corrected chi connectivity index (χ4v) is 4.08. The number of halogens is 2. The van der Waals surface area contributed by atoms with Crippen molar-refractivity contribution in [3.8, 4) is 17.2 Å². The number of rotatable bonds is 6. The van der Waals surface area contributed by atoms with Gasteiger partial charge in [0.15, 0.2) is 5.78 Å². The van der Waals surface area contributed by atoms with E-state index < -0.39 is 0 Å². The van der Waals surface area contributed by atoms with Gasteiger partial charge in [-0.05, 0) is 60.9 Å². The van der Waals surface area contributed by atoms with Crippen LogP contribution in [0.5, 0.6) is 0 Å². The first-order valence-electron chi connectivity index (χ1n) is 9.17. The number of nitrogens with zero attached hydrogens (tertiary/aromatic N) is 2. The number of hydrogen-bond acceptors (Lipinski definition) is 4. The highest BCUT2D eigenvalue weighted by atomic mass is 35.5. The van der Waals surface area contributed by atoms with Crippen molar-refractivity contribution in [3.63, 3.8) is 0 Å². The van der Waals surface area contributed by atoms with Gasteiger partial charge in [0.2, 0.25) is 0 Å². The van der Waals surface area contributed by atoms with E-state index in [0.29, 0.717) is 27.1 Å². The molecule has 0 bridgehead atoms. The lowest BCUT2D eigenvalue weighted by atomic mass is 10.0. The highest BCUT2D eigenvalue weighted by molar-refractivity contribution is 8.00. The number of ketones is 1. The van der Waals surface area contributed by atoms with Crippen molar-refractivity contribution in [1.82, 2.24) is 4.98 Å². The van der Waals surface area contributed by atoms with E-state index in [-0.39, 0.29) is 17.4 Å². The number of thioether (sulfide) groups is 1. The van der Waals surface area contributed by atoms with E-state index in [1.807, 2.05) is 6.07 Å². The van der Waals surface area contributed by atoms with Crippen LogP contribution in [0, 0.1) is 17.1 Å². The fraction of sp³-hybridized carbons (Fsp3) is 0.174. The molecule has 0 unspecified atom stereocenters. The summed E-state index contributed by atoms with van der Waals surface area (Å²) in [4.78, 5) is 17.2. The average Bonchev–Trinajstić information content (AvgIpc) is 3.58. The standard InChI is InChI=1S/C23H16ClFN2OS/c24-17-7-3-16(4-8-17)22(28)13-29-23-20(12-26)19(11-21(27-23)15-1-2-15)14-5-9-18(25)10-6-14/h3-11,15H,1-2,13H2. The monoisotopic (exact) mass is 422 g/mol. The second-order valence-corrected chi connectivity index (χ2v) is 8.29. The second kappa shape index (κ2) is 8.36. The highest BCUT2D eigenvalue weighted by Gasteiger charge is 2.27. The van der Waals surface area contributed by atoms with Crippen LogP contribution >= 0.6 is 23.4 Å². The number of carbonyl (C=O) groups is 1. The Hall–Kier alpha value is -2.68. The molecule has 0 amide bonds. The number of benzene rings is 2. The molecule has 1 aliphatic carbocycles. The summed E-state index contributed by atoms with van der Waals surface area (Å²) in [6.45, 7) is 0. The first-order valence-corrected chi connectivity index (χ1v) is 10.5.